The van der Waals surface area contributed by atoms with Crippen molar-refractivity contribution in [3.63, 3.8) is 0 Å². The zero-order chi connectivity index (χ0) is 11.5. The average molecular weight is 210 g/mol. The van der Waals surface area contributed by atoms with E-state index in [1.54, 1.807) is 0 Å². The number of rotatable bonds is 9. The predicted octanol–water partition coefficient (Wildman–Crippen LogP) is 5.59. The second-order valence-corrected chi connectivity index (χ2v) is 5.09. The fourth-order valence-electron chi connectivity index (χ4n) is 1.94. The summed E-state index contributed by atoms with van der Waals surface area (Å²) >= 11 is 0. The molecule has 0 fully saturated rings. The normalized spacial score (nSPS) is 15.7. The molecule has 0 heteroatoms. The van der Waals surface area contributed by atoms with Crippen molar-refractivity contribution in [2.24, 2.45) is 11.8 Å². The SMILES string of the molecule is CC=CCC(C)CCC(C)CCCCC. The summed E-state index contributed by atoms with van der Waals surface area (Å²) in [5, 5.41) is 0. The molecule has 0 aromatic carbocycles. The van der Waals surface area contributed by atoms with Gasteiger partial charge in [0.1, 0.15) is 0 Å². The Morgan fingerprint density at radius 1 is 0.933 bits per heavy atom. The second-order valence-electron chi connectivity index (χ2n) is 5.09. The third-order valence-electron chi connectivity index (χ3n) is 3.23. The van der Waals surface area contributed by atoms with E-state index in [1.165, 1.54) is 44.9 Å². The summed E-state index contributed by atoms with van der Waals surface area (Å²) in [7, 11) is 0. The molecule has 0 aliphatic rings. The Morgan fingerprint density at radius 2 is 1.60 bits per heavy atom. The lowest BCUT2D eigenvalue weighted by Gasteiger charge is -2.14. The van der Waals surface area contributed by atoms with Gasteiger partial charge in [0.15, 0.2) is 0 Å². The summed E-state index contributed by atoms with van der Waals surface area (Å²) in [6.45, 7) is 9.18. The minimum absolute atomic E-state index is 0.870. The number of unbranched alkanes of at least 4 members (excludes halogenated alkanes) is 2. The maximum absolute atomic E-state index is 2.41. The van der Waals surface area contributed by atoms with Gasteiger partial charge in [-0.1, -0.05) is 71.4 Å². The molecule has 15 heavy (non-hydrogen) atoms. The van der Waals surface area contributed by atoms with Crippen molar-refractivity contribution in [3.8, 4) is 0 Å². The summed E-state index contributed by atoms with van der Waals surface area (Å²) in [4.78, 5) is 0. The highest BCUT2D eigenvalue weighted by molar-refractivity contribution is 4.79. The number of allylic oxidation sites excluding steroid dienone is 2. The molecule has 0 saturated heterocycles. The summed E-state index contributed by atoms with van der Waals surface area (Å²) in [6, 6.07) is 0. The highest BCUT2D eigenvalue weighted by Crippen LogP contribution is 2.19. The second kappa shape index (κ2) is 10.3. The van der Waals surface area contributed by atoms with Crippen molar-refractivity contribution in [1.29, 1.82) is 0 Å². The van der Waals surface area contributed by atoms with Crippen molar-refractivity contribution in [2.75, 3.05) is 0 Å². The molecular weight excluding hydrogens is 180 g/mol. The summed E-state index contributed by atoms with van der Waals surface area (Å²) < 4.78 is 0. The van der Waals surface area contributed by atoms with Crippen molar-refractivity contribution < 1.29 is 0 Å². The quantitative estimate of drug-likeness (QED) is 0.344. The number of hydrogen-bond donors (Lipinski definition) is 0. The molecule has 0 spiro atoms. The van der Waals surface area contributed by atoms with Gasteiger partial charge in [-0.3, -0.25) is 0 Å². The van der Waals surface area contributed by atoms with Crippen LogP contribution in [-0.4, -0.2) is 0 Å². The molecule has 0 aliphatic heterocycles. The van der Waals surface area contributed by atoms with Crippen LogP contribution in [0.15, 0.2) is 12.2 Å². The van der Waals surface area contributed by atoms with Crippen molar-refractivity contribution >= 4 is 0 Å². The van der Waals surface area contributed by atoms with Crippen LogP contribution < -0.4 is 0 Å². The molecule has 0 saturated carbocycles. The van der Waals surface area contributed by atoms with E-state index in [2.05, 4.69) is 39.8 Å². The van der Waals surface area contributed by atoms with Gasteiger partial charge >= 0.3 is 0 Å². The molecule has 0 rings (SSSR count). The van der Waals surface area contributed by atoms with Crippen LogP contribution in [0, 0.1) is 11.8 Å². The predicted molar refractivity (Wildman–Crippen MR) is 71.1 cm³/mol. The van der Waals surface area contributed by atoms with Gasteiger partial charge in [0, 0.05) is 0 Å². The molecule has 0 nitrogen and oxygen atoms in total. The molecule has 90 valence electrons. The van der Waals surface area contributed by atoms with Gasteiger partial charge in [0.25, 0.3) is 0 Å². The van der Waals surface area contributed by atoms with Gasteiger partial charge in [-0.2, -0.15) is 0 Å². The first-order valence-electron chi connectivity index (χ1n) is 6.81. The zero-order valence-corrected chi connectivity index (χ0v) is 11.3. The molecule has 0 aromatic heterocycles. The van der Waals surface area contributed by atoms with Gasteiger partial charge in [-0.25, -0.2) is 0 Å². The highest BCUT2D eigenvalue weighted by atomic mass is 14.1. The Kier molecular flexibility index (Phi) is 10.1. The lowest BCUT2D eigenvalue weighted by Crippen LogP contribution is -2.00. The molecular formula is C15H30. The van der Waals surface area contributed by atoms with Gasteiger partial charge in [0.2, 0.25) is 0 Å². The Hall–Kier alpha value is -0.260. The molecule has 0 aliphatic carbocycles. The molecule has 0 N–H and O–H groups in total. The minimum atomic E-state index is 0.870. The van der Waals surface area contributed by atoms with Crippen LogP contribution in [0.1, 0.15) is 72.6 Å². The molecule has 2 atom stereocenters. The van der Waals surface area contributed by atoms with Gasteiger partial charge < -0.3 is 0 Å². The third kappa shape index (κ3) is 10.0. The zero-order valence-electron chi connectivity index (χ0n) is 11.3. The summed E-state index contributed by atoms with van der Waals surface area (Å²) in [6.07, 6.45) is 14.2. The van der Waals surface area contributed by atoms with Crippen molar-refractivity contribution in [1.82, 2.24) is 0 Å². The van der Waals surface area contributed by atoms with Gasteiger partial charge in [0.05, 0.1) is 0 Å². The van der Waals surface area contributed by atoms with Gasteiger partial charge in [-0.15, -0.1) is 0 Å². The molecule has 0 aromatic rings. The Labute approximate surface area is 97.2 Å². The van der Waals surface area contributed by atoms with E-state index in [1.807, 2.05) is 0 Å². The van der Waals surface area contributed by atoms with Crippen LogP contribution in [0.25, 0.3) is 0 Å². The van der Waals surface area contributed by atoms with E-state index in [4.69, 9.17) is 0 Å². The van der Waals surface area contributed by atoms with Gasteiger partial charge in [-0.05, 0) is 25.2 Å². The van der Waals surface area contributed by atoms with Crippen LogP contribution in [0.2, 0.25) is 0 Å². The van der Waals surface area contributed by atoms with E-state index in [0.29, 0.717) is 0 Å². The first-order valence-corrected chi connectivity index (χ1v) is 6.81. The van der Waals surface area contributed by atoms with E-state index in [-0.39, 0.29) is 0 Å². The van der Waals surface area contributed by atoms with Crippen LogP contribution >= 0.6 is 0 Å². The van der Waals surface area contributed by atoms with E-state index >= 15 is 0 Å². The molecule has 0 amide bonds. The summed E-state index contributed by atoms with van der Waals surface area (Å²) in [5.74, 6) is 1.81. The first kappa shape index (κ1) is 14.7. The largest absolute Gasteiger partial charge is 0.0917 e. The van der Waals surface area contributed by atoms with Crippen LogP contribution in [0.5, 0.6) is 0 Å². The van der Waals surface area contributed by atoms with E-state index < -0.39 is 0 Å². The van der Waals surface area contributed by atoms with Crippen LogP contribution in [0.4, 0.5) is 0 Å². The molecule has 0 heterocycles. The molecule has 0 radical (unpaired) electrons. The van der Waals surface area contributed by atoms with Crippen LogP contribution in [-0.2, 0) is 0 Å². The average Bonchev–Trinajstić information content (AvgIpc) is 2.24. The van der Waals surface area contributed by atoms with Crippen molar-refractivity contribution in [2.45, 2.75) is 72.6 Å². The first-order chi connectivity index (χ1) is 7.20. The lowest BCUT2D eigenvalue weighted by molar-refractivity contribution is 0.402. The third-order valence-corrected chi connectivity index (χ3v) is 3.23. The lowest BCUT2D eigenvalue weighted by atomic mass is 9.92. The molecule has 0 bridgehead atoms. The van der Waals surface area contributed by atoms with E-state index in [0.717, 1.165) is 11.8 Å². The van der Waals surface area contributed by atoms with E-state index in [9.17, 15) is 0 Å². The maximum atomic E-state index is 2.41. The highest BCUT2D eigenvalue weighted by Gasteiger charge is 2.05. The fraction of sp³-hybridized carbons (Fsp3) is 0.867. The smallest absolute Gasteiger partial charge is 0.0325 e. The standard InChI is InChI=1S/C15H30/c1-5-7-9-11-15(4)13-12-14(3)10-8-6-2/h6,8,14-15H,5,7,9-13H2,1-4H3. The topological polar surface area (TPSA) is 0 Å². The van der Waals surface area contributed by atoms with Crippen LogP contribution in [0.3, 0.4) is 0 Å². The maximum Gasteiger partial charge on any atom is -0.0325 e. The molecule has 2 unspecified atom stereocenters. The van der Waals surface area contributed by atoms with Crippen molar-refractivity contribution in [3.05, 3.63) is 12.2 Å². The minimum Gasteiger partial charge on any atom is -0.0917 e. The number of hydrogen-bond acceptors (Lipinski definition) is 0. The fourth-order valence-corrected chi connectivity index (χ4v) is 1.94. The Balaban J connectivity index is 3.39. The monoisotopic (exact) mass is 210 g/mol. The summed E-state index contributed by atoms with van der Waals surface area (Å²) in [5.41, 5.74) is 0. The Bertz CT molecular complexity index is 146. The Morgan fingerprint density at radius 3 is 2.20 bits per heavy atom.